The van der Waals surface area contributed by atoms with E-state index in [0.29, 0.717) is 12.5 Å². The van der Waals surface area contributed by atoms with Crippen LogP contribution in [0.4, 0.5) is 0 Å². The molecule has 1 aliphatic heterocycles. The highest BCUT2D eigenvalue weighted by Crippen LogP contribution is 2.11. The molecule has 0 radical (unpaired) electrons. The summed E-state index contributed by atoms with van der Waals surface area (Å²) in [5.74, 6) is -0.385. The van der Waals surface area contributed by atoms with Crippen molar-refractivity contribution in [1.29, 1.82) is 0 Å². The van der Waals surface area contributed by atoms with E-state index in [4.69, 9.17) is 4.74 Å². The van der Waals surface area contributed by atoms with Crippen LogP contribution in [0.2, 0.25) is 0 Å². The van der Waals surface area contributed by atoms with Crippen molar-refractivity contribution in [3.05, 3.63) is 0 Å². The Labute approximate surface area is 67.7 Å². The molecule has 3 heteroatoms. The number of rotatable bonds is 3. The van der Waals surface area contributed by atoms with Gasteiger partial charge in [-0.25, -0.2) is 0 Å². The first-order valence-electron chi connectivity index (χ1n) is 4.15. The van der Waals surface area contributed by atoms with E-state index in [2.05, 4.69) is 5.32 Å². The maximum Gasteiger partial charge on any atom is 0.159 e. The van der Waals surface area contributed by atoms with Gasteiger partial charge in [0.2, 0.25) is 0 Å². The Kier molecular flexibility index (Phi) is 2.87. The third-order valence-electron chi connectivity index (χ3n) is 1.83. The van der Waals surface area contributed by atoms with Crippen LogP contribution in [0.5, 0.6) is 0 Å². The number of ether oxygens (including phenoxy) is 1. The Balaban J connectivity index is 2.11. The summed E-state index contributed by atoms with van der Waals surface area (Å²) < 4.78 is 5.23. The minimum atomic E-state index is -0.970. The number of hydrogen-bond donors (Lipinski definition) is 2. The average molecular weight is 159 g/mol. The van der Waals surface area contributed by atoms with Gasteiger partial charge in [-0.3, -0.25) is 0 Å². The highest BCUT2D eigenvalue weighted by atomic mass is 16.6. The van der Waals surface area contributed by atoms with Crippen LogP contribution in [0.15, 0.2) is 0 Å². The molecular weight excluding hydrogens is 142 g/mol. The molecule has 0 amide bonds. The molecule has 0 bridgehead atoms. The quantitative estimate of drug-likeness (QED) is 0.583. The van der Waals surface area contributed by atoms with Crippen LogP contribution < -0.4 is 5.32 Å². The summed E-state index contributed by atoms with van der Waals surface area (Å²) in [6, 6.07) is 0. The molecule has 2 N–H and O–H groups in total. The zero-order chi connectivity index (χ0) is 8.32. The average Bonchev–Trinajstić information content (AvgIpc) is 2.32. The van der Waals surface area contributed by atoms with E-state index in [9.17, 15) is 5.11 Å². The molecular formula is C8H17NO2. The second-order valence-corrected chi connectivity index (χ2v) is 3.62. The van der Waals surface area contributed by atoms with Crippen LogP contribution >= 0.6 is 0 Å². The van der Waals surface area contributed by atoms with Gasteiger partial charge in [-0.1, -0.05) is 0 Å². The van der Waals surface area contributed by atoms with Gasteiger partial charge >= 0.3 is 0 Å². The first-order valence-corrected chi connectivity index (χ1v) is 4.15. The fraction of sp³-hybridized carbons (Fsp3) is 1.00. The van der Waals surface area contributed by atoms with Crippen molar-refractivity contribution >= 4 is 0 Å². The molecule has 1 rings (SSSR count). The maximum atomic E-state index is 9.24. The molecule has 3 nitrogen and oxygen atoms in total. The van der Waals surface area contributed by atoms with Crippen molar-refractivity contribution in [1.82, 2.24) is 5.32 Å². The van der Waals surface area contributed by atoms with Crippen LogP contribution in [0.1, 0.15) is 20.3 Å². The van der Waals surface area contributed by atoms with Gasteiger partial charge in [0.05, 0.1) is 6.61 Å². The molecule has 1 unspecified atom stereocenters. The third-order valence-corrected chi connectivity index (χ3v) is 1.83. The summed E-state index contributed by atoms with van der Waals surface area (Å²) >= 11 is 0. The minimum absolute atomic E-state index is 0.585. The van der Waals surface area contributed by atoms with Crippen molar-refractivity contribution in [2.75, 3.05) is 19.7 Å². The summed E-state index contributed by atoms with van der Waals surface area (Å²) in [4.78, 5) is 0. The SMILES string of the molecule is CC(C)(O)OCC1CCNC1. The van der Waals surface area contributed by atoms with Crippen molar-refractivity contribution < 1.29 is 9.84 Å². The van der Waals surface area contributed by atoms with E-state index in [0.717, 1.165) is 19.5 Å². The monoisotopic (exact) mass is 159 g/mol. The zero-order valence-corrected chi connectivity index (χ0v) is 7.26. The van der Waals surface area contributed by atoms with Gasteiger partial charge in [0.25, 0.3) is 0 Å². The first-order chi connectivity index (χ1) is 5.08. The molecule has 1 fully saturated rings. The van der Waals surface area contributed by atoms with Gasteiger partial charge in [0.15, 0.2) is 5.79 Å². The fourth-order valence-electron chi connectivity index (χ4n) is 1.18. The summed E-state index contributed by atoms with van der Waals surface area (Å²) in [5.41, 5.74) is 0. The Hall–Kier alpha value is -0.120. The van der Waals surface area contributed by atoms with E-state index in [1.54, 1.807) is 13.8 Å². The van der Waals surface area contributed by atoms with E-state index in [1.807, 2.05) is 0 Å². The molecule has 0 aromatic carbocycles. The molecule has 66 valence electrons. The summed E-state index contributed by atoms with van der Waals surface area (Å²) in [5, 5.41) is 12.5. The Bertz CT molecular complexity index is 114. The molecule has 0 aromatic rings. The standard InChI is InChI=1S/C8H17NO2/c1-8(2,10)11-6-7-3-4-9-5-7/h7,9-10H,3-6H2,1-2H3. The van der Waals surface area contributed by atoms with E-state index >= 15 is 0 Å². The van der Waals surface area contributed by atoms with Gasteiger partial charge < -0.3 is 15.2 Å². The maximum absolute atomic E-state index is 9.24. The fourth-order valence-corrected chi connectivity index (χ4v) is 1.18. The van der Waals surface area contributed by atoms with Gasteiger partial charge in [0.1, 0.15) is 0 Å². The summed E-state index contributed by atoms with van der Waals surface area (Å²) in [6.45, 7) is 6.09. The van der Waals surface area contributed by atoms with Gasteiger partial charge in [0, 0.05) is 6.54 Å². The molecule has 0 aliphatic carbocycles. The normalized spacial score (nSPS) is 25.9. The molecule has 1 saturated heterocycles. The Morgan fingerprint density at radius 1 is 1.64 bits per heavy atom. The van der Waals surface area contributed by atoms with Crippen LogP contribution in [0.25, 0.3) is 0 Å². The lowest BCUT2D eigenvalue weighted by Crippen LogP contribution is -2.27. The zero-order valence-electron chi connectivity index (χ0n) is 7.26. The van der Waals surface area contributed by atoms with Gasteiger partial charge in [-0.15, -0.1) is 0 Å². The lowest BCUT2D eigenvalue weighted by Gasteiger charge is -2.20. The molecule has 1 aliphatic rings. The van der Waals surface area contributed by atoms with Crippen molar-refractivity contribution in [3.63, 3.8) is 0 Å². The predicted molar refractivity (Wildman–Crippen MR) is 43.2 cm³/mol. The van der Waals surface area contributed by atoms with Crippen molar-refractivity contribution in [2.45, 2.75) is 26.1 Å². The van der Waals surface area contributed by atoms with E-state index in [1.165, 1.54) is 0 Å². The largest absolute Gasteiger partial charge is 0.366 e. The van der Waals surface area contributed by atoms with E-state index in [-0.39, 0.29) is 0 Å². The second kappa shape index (κ2) is 3.52. The molecule has 0 spiro atoms. The van der Waals surface area contributed by atoms with Crippen LogP contribution in [-0.2, 0) is 4.74 Å². The Morgan fingerprint density at radius 3 is 2.82 bits per heavy atom. The van der Waals surface area contributed by atoms with Crippen LogP contribution in [-0.4, -0.2) is 30.6 Å². The number of hydrogen-bond acceptors (Lipinski definition) is 3. The van der Waals surface area contributed by atoms with Gasteiger partial charge in [-0.05, 0) is 32.7 Å². The number of nitrogens with one attached hydrogen (secondary N) is 1. The molecule has 0 aromatic heterocycles. The third kappa shape index (κ3) is 3.70. The van der Waals surface area contributed by atoms with Gasteiger partial charge in [-0.2, -0.15) is 0 Å². The highest BCUT2D eigenvalue weighted by molar-refractivity contribution is 4.70. The summed E-state index contributed by atoms with van der Waals surface area (Å²) in [7, 11) is 0. The van der Waals surface area contributed by atoms with Crippen LogP contribution in [0.3, 0.4) is 0 Å². The predicted octanol–water partition coefficient (Wildman–Crippen LogP) is 0.341. The van der Waals surface area contributed by atoms with E-state index < -0.39 is 5.79 Å². The molecule has 1 heterocycles. The topological polar surface area (TPSA) is 41.5 Å². The van der Waals surface area contributed by atoms with Crippen molar-refractivity contribution in [3.8, 4) is 0 Å². The lowest BCUT2D eigenvalue weighted by atomic mass is 10.1. The number of aliphatic hydroxyl groups is 1. The molecule has 1 atom stereocenters. The van der Waals surface area contributed by atoms with Crippen LogP contribution in [0, 0.1) is 5.92 Å². The smallest absolute Gasteiger partial charge is 0.159 e. The lowest BCUT2D eigenvalue weighted by molar-refractivity contribution is -0.182. The molecule has 0 saturated carbocycles. The molecule has 11 heavy (non-hydrogen) atoms. The summed E-state index contributed by atoms with van der Waals surface area (Å²) in [6.07, 6.45) is 1.16. The first kappa shape index (κ1) is 8.97. The minimum Gasteiger partial charge on any atom is -0.366 e. The van der Waals surface area contributed by atoms with Crippen molar-refractivity contribution in [2.24, 2.45) is 5.92 Å². The highest BCUT2D eigenvalue weighted by Gasteiger charge is 2.19. The second-order valence-electron chi connectivity index (χ2n) is 3.62. The Morgan fingerprint density at radius 2 is 2.36 bits per heavy atom.